The van der Waals surface area contributed by atoms with Crippen LogP contribution in [0.3, 0.4) is 0 Å². The van der Waals surface area contributed by atoms with Crippen LogP contribution in [0, 0.1) is 6.92 Å². The minimum Gasteiger partial charge on any atom is -0.462 e. The summed E-state index contributed by atoms with van der Waals surface area (Å²) in [6.07, 6.45) is 1.95. The smallest absolute Gasteiger partial charge is 0.339 e. The van der Waals surface area contributed by atoms with Crippen LogP contribution in [0.5, 0.6) is 0 Å². The van der Waals surface area contributed by atoms with Gasteiger partial charge in [0.25, 0.3) is 0 Å². The Morgan fingerprint density at radius 2 is 2.21 bits per heavy atom. The van der Waals surface area contributed by atoms with Crippen molar-refractivity contribution in [2.24, 2.45) is 0 Å². The molecule has 0 unspecified atom stereocenters. The molecule has 0 atom stereocenters. The van der Waals surface area contributed by atoms with Crippen molar-refractivity contribution in [1.82, 2.24) is 0 Å². The summed E-state index contributed by atoms with van der Waals surface area (Å²) in [5.74, 6) is -0.236. The van der Waals surface area contributed by atoms with Gasteiger partial charge in [0.05, 0.1) is 12.2 Å². The van der Waals surface area contributed by atoms with E-state index in [2.05, 4.69) is 0 Å². The Morgan fingerprint density at radius 1 is 1.50 bits per heavy atom. The molecule has 0 amide bonds. The fourth-order valence-corrected chi connectivity index (χ4v) is 1.76. The molecule has 0 aromatic heterocycles. The predicted molar refractivity (Wildman–Crippen MR) is 58.9 cm³/mol. The number of rotatable bonds is 3. The van der Waals surface area contributed by atoms with E-state index in [1.54, 1.807) is 11.8 Å². The number of carbonyl (C=O) groups excluding carboxylic acids is 1. The third-order valence-corrected chi connectivity index (χ3v) is 2.65. The highest BCUT2D eigenvalue weighted by atomic mass is 32.2. The Hall–Kier alpha value is -0.960. The molecule has 0 bridgehead atoms. The number of esters is 1. The zero-order valence-electron chi connectivity index (χ0n) is 8.66. The lowest BCUT2D eigenvalue weighted by Crippen LogP contribution is -2.06. The number of thioether (sulfide) groups is 1. The van der Waals surface area contributed by atoms with Gasteiger partial charge in [0.15, 0.2) is 0 Å². The molecule has 76 valence electrons. The van der Waals surface area contributed by atoms with E-state index in [-0.39, 0.29) is 5.97 Å². The van der Waals surface area contributed by atoms with E-state index in [4.69, 9.17) is 4.74 Å². The van der Waals surface area contributed by atoms with Gasteiger partial charge in [-0.25, -0.2) is 4.79 Å². The van der Waals surface area contributed by atoms with Crippen LogP contribution >= 0.6 is 11.8 Å². The molecule has 1 aromatic carbocycles. The van der Waals surface area contributed by atoms with Crippen LogP contribution in [0.15, 0.2) is 23.1 Å². The molecule has 0 aliphatic heterocycles. The van der Waals surface area contributed by atoms with Crippen LogP contribution < -0.4 is 0 Å². The second-order valence-corrected chi connectivity index (χ2v) is 3.77. The van der Waals surface area contributed by atoms with E-state index < -0.39 is 0 Å². The zero-order chi connectivity index (χ0) is 10.6. The lowest BCUT2D eigenvalue weighted by Gasteiger charge is -2.07. The van der Waals surface area contributed by atoms with Crippen LogP contribution in [0.4, 0.5) is 0 Å². The molecule has 3 heteroatoms. The summed E-state index contributed by atoms with van der Waals surface area (Å²) < 4.78 is 4.97. The molecular formula is C11H14O2S. The molecular weight excluding hydrogens is 196 g/mol. The molecule has 0 radical (unpaired) electrons. The van der Waals surface area contributed by atoms with Crippen molar-refractivity contribution in [2.75, 3.05) is 12.9 Å². The van der Waals surface area contributed by atoms with E-state index >= 15 is 0 Å². The van der Waals surface area contributed by atoms with Crippen molar-refractivity contribution in [3.8, 4) is 0 Å². The van der Waals surface area contributed by atoms with Gasteiger partial charge in [-0.1, -0.05) is 11.6 Å². The van der Waals surface area contributed by atoms with Crippen molar-refractivity contribution in [2.45, 2.75) is 18.7 Å². The van der Waals surface area contributed by atoms with Crippen LogP contribution in [-0.2, 0) is 4.74 Å². The maximum absolute atomic E-state index is 11.5. The van der Waals surface area contributed by atoms with E-state index in [0.29, 0.717) is 12.2 Å². The Labute approximate surface area is 88.7 Å². The molecule has 0 saturated carbocycles. The Bertz CT molecular complexity index is 334. The van der Waals surface area contributed by atoms with E-state index in [9.17, 15) is 4.79 Å². The Kier molecular flexibility index (Phi) is 4.01. The topological polar surface area (TPSA) is 26.3 Å². The van der Waals surface area contributed by atoms with E-state index in [0.717, 1.165) is 10.5 Å². The van der Waals surface area contributed by atoms with Crippen molar-refractivity contribution in [3.05, 3.63) is 29.3 Å². The molecule has 0 saturated heterocycles. The van der Waals surface area contributed by atoms with Gasteiger partial charge in [0, 0.05) is 4.90 Å². The molecule has 0 heterocycles. The molecule has 0 fully saturated rings. The van der Waals surface area contributed by atoms with Gasteiger partial charge in [-0.2, -0.15) is 0 Å². The quantitative estimate of drug-likeness (QED) is 0.567. The van der Waals surface area contributed by atoms with Crippen LogP contribution in [-0.4, -0.2) is 18.8 Å². The van der Waals surface area contributed by atoms with Gasteiger partial charge in [-0.3, -0.25) is 0 Å². The molecule has 2 nitrogen and oxygen atoms in total. The number of ether oxygens (including phenoxy) is 1. The number of carbonyl (C=O) groups is 1. The molecule has 0 aliphatic carbocycles. The first-order chi connectivity index (χ1) is 6.69. The molecule has 0 aliphatic rings. The standard InChI is InChI=1S/C11H14O2S/c1-4-13-11(12)9-7-8(2)5-6-10(9)14-3/h5-7H,4H2,1-3H3. The average Bonchev–Trinajstić information content (AvgIpc) is 2.18. The first-order valence-electron chi connectivity index (χ1n) is 4.50. The number of hydrogen-bond donors (Lipinski definition) is 0. The summed E-state index contributed by atoms with van der Waals surface area (Å²) >= 11 is 1.56. The predicted octanol–water partition coefficient (Wildman–Crippen LogP) is 2.89. The molecule has 0 N–H and O–H groups in total. The Morgan fingerprint density at radius 3 is 2.79 bits per heavy atom. The third kappa shape index (κ3) is 2.51. The molecule has 1 aromatic rings. The van der Waals surface area contributed by atoms with Crippen molar-refractivity contribution in [3.63, 3.8) is 0 Å². The largest absolute Gasteiger partial charge is 0.462 e. The maximum atomic E-state index is 11.5. The van der Waals surface area contributed by atoms with Gasteiger partial charge in [-0.05, 0) is 32.2 Å². The van der Waals surface area contributed by atoms with Gasteiger partial charge in [-0.15, -0.1) is 11.8 Å². The highest BCUT2D eigenvalue weighted by Crippen LogP contribution is 2.22. The van der Waals surface area contributed by atoms with Crippen molar-refractivity contribution >= 4 is 17.7 Å². The van der Waals surface area contributed by atoms with Crippen molar-refractivity contribution in [1.29, 1.82) is 0 Å². The summed E-state index contributed by atoms with van der Waals surface area (Å²) in [5.41, 5.74) is 1.74. The van der Waals surface area contributed by atoms with Gasteiger partial charge in [0.1, 0.15) is 0 Å². The molecule has 1 rings (SSSR count). The Balaban J connectivity index is 3.03. The lowest BCUT2D eigenvalue weighted by molar-refractivity contribution is 0.0522. The first-order valence-corrected chi connectivity index (χ1v) is 5.73. The van der Waals surface area contributed by atoms with Crippen LogP contribution in [0.1, 0.15) is 22.8 Å². The fourth-order valence-electron chi connectivity index (χ4n) is 1.19. The number of aryl methyl sites for hydroxylation is 1. The SMILES string of the molecule is CCOC(=O)c1cc(C)ccc1SC. The van der Waals surface area contributed by atoms with E-state index in [1.165, 1.54) is 0 Å². The van der Waals surface area contributed by atoms with Gasteiger partial charge < -0.3 is 4.74 Å². The highest BCUT2D eigenvalue weighted by molar-refractivity contribution is 7.98. The van der Waals surface area contributed by atoms with Crippen LogP contribution in [0.2, 0.25) is 0 Å². The normalized spacial score (nSPS) is 9.93. The second kappa shape index (κ2) is 5.05. The second-order valence-electron chi connectivity index (χ2n) is 2.92. The van der Waals surface area contributed by atoms with Gasteiger partial charge >= 0.3 is 5.97 Å². The lowest BCUT2D eigenvalue weighted by atomic mass is 10.1. The fraction of sp³-hybridized carbons (Fsp3) is 0.364. The summed E-state index contributed by atoms with van der Waals surface area (Å²) in [4.78, 5) is 12.5. The van der Waals surface area contributed by atoms with Crippen LogP contribution in [0.25, 0.3) is 0 Å². The molecule has 0 spiro atoms. The average molecular weight is 210 g/mol. The molecule has 14 heavy (non-hydrogen) atoms. The summed E-state index contributed by atoms with van der Waals surface area (Å²) in [5, 5.41) is 0. The minimum atomic E-state index is -0.236. The van der Waals surface area contributed by atoms with Gasteiger partial charge in [0.2, 0.25) is 0 Å². The number of hydrogen-bond acceptors (Lipinski definition) is 3. The highest BCUT2D eigenvalue weighted by Gasteiger charge is 2.11. The maximum Gasteiger partial charge on any atom is 0.339 e. The monoisotopic (exact) mass is 210 g/mol. The minimum absolute atomic E-state index is 0.236. The number of benzene rings is 1. The van der Waals surface area contributed by atoms with Crippen molar-refractivity contribution < 1.29 is 9.53 Å². The third-order valence-electron chi connectivity index (χ3n) is 1.85. The summed E-state index contributed by atoms with van der Waals surface area (Å²) in [6.45, 7) is 4.19. The summed E-state index contributed by atoms with van der Waals surface area (Å²) in [6, 6.07) is 5.81. The zero-order valence-corrected chi connectivity index (χ0v) is 9.48. The summed E-state index contributed by atoms with van der Waals surface area (Å²) in [7, 11) is 0. The first kappa shape index (κ1) is 11.1. The van der Waals surface area contributed by atoms with E-state index in [1.807, 2.05) is 38.3 Å².